The monoisotopic (exact) mass is 438 g/mol. The average molecular weight is 438 g/mol. The molecule has 1 heterocycles. The molecule has 0 unspecified atom stereocenters. The third kappa shape index (κ3) is 5.23. The summed E-state index contributed by atoms with van der Waals surface area (Å²) < 4.78 is 0. The number of para-hydroxylation sites is 2. The number of hydrogen-bond donors (Lipinski definition) is 4. The minimum absolute atomic E-state index is 0.159. The Labute approximate surface area is 185 Å². The normalized spacial score (nSPS) is 16.0. The number of amides is 4. The Morgan fingerprint density at radius 2 is 1.72 bits per heavy atom. The van der Waals surface area contributed by atoms with Crippen molar-refractivity contribution < 1.29 is 24.3 Å². The first-order valence-electron chi connectivity index (χ1n) is 10.3. The van der Waals surface area contributed by atoms with E-state index in [9.17, 15) is 19.2 Å². The number of benzene rings is 2. The van der Waals surface area contributed by atoms with Crippen molar-refractivity contribution in [1.29, 1.82) is 0 Å². The van der Waals surface area contributed by atoms with E-state index in [2.05, 4.69) is 16.0 Å². The van der Waals surface area contributed by atoms with Crippen LogP contribution in [-0.4, -0.2) is 47.5 Å². The van der Waals surface area contributed by atoms with E-state index in [1.54, 1.807) is 24.3 Å². The average Bonchev–Trinajstić information content (AvgIpc) is 2.76. The number of hydrogen-bond acceptors (Lipinski definition) is 4. The van der Waals surface area contributed by atoms with E-state index in [4.69, 9.17) is 5.11 Å². The van der Waals surface area contributed by atoms with Crippen LogP contribution in [0.2, 0.25) is 0 Å². The molecule has 1 aliphatic heterocycles. The molecule has 4 N–H and O–H groups in total. The van der Waals surface area contributed by atoms with Gasteiger partial charge in [0.05, 0.1) is 11.4 Å². The molecule has 0 radical (unpaired) electrons. The van der Waals surface area contributed by atoms with Crippen molar-refractivity contribution in [3.8, 4) is 0 Å². The van der Waals surface area contributed by atoms with Crippen LogP contribution in [0.1, 0.15) is 19.4 Å². The largest absolute Gasteiger partial charge is 0.480 e. The van der Waals surface area contributed by atoms with Crippen LogP contribution in [0.3, 0.4) is 0 Å². The Kier molecular flexibility index (Phi) is 7.09. The summed E-state index contributed by atoms with van der Waals surface area (Å²) in [4.78, 5) is 51.1. The lowest BCUT2D eigenvalue weighted by Crippen LogP contribution is -2.60. The maximum absolute atomic E-state index is 13.4. The predicted octanol–water partition coefficient (Wildman–Crippen LogP) is 1.99. The number of fused-ring (bicyclic) bond motifs is 1. The number of nitrogens with zero attached hydrogens (tertiary/aromatic N) is 1. The summed E-state index contributed by atoms with van der Waals surface area (Å²) in [7, 11) is 0. The van der Waals surface area contributed by atoms with Crippen LogP contribution in [0.15, 0.2) is 54.6 Å². The van der Waals surface area contributed by atoms with E-state index >= 15 is 0 Å². The highest BCUT2D eigenvalue weighted by Gasteiger charge is 2.39. The number of carbonyl (C=O) groups is 4. The lowest BCUT2D eigenvalue weighted by Gasteiger charge is -2.39. The van der Waals surface area contributed by atoms with E-state index in [1.165, 1.54) is 4.90 Å². The maximum Gasteiger partial charge on any atom is 0.323 e. The highest BCUT2D eigenvalue weighted by Crippen LogP contribution is 2.34. The molecule has 1 aliphatic rings. The number of urea groups is 1. The van der Waals surface area contributed by atoms with E-state index in [0.29, 0.717) is 11.4 Å². The summed E-state index contributed by atoms with van der Waals surface area (Å²) in [5, 5.41) is 16.7. The molecule has 0 spiro atoms. The standard InChI is InChI=1S/C23H26N4O5/c1-14(2)20-22(31)25-16-10-6-7-11-18(16)27(20)23(32)26-17(21(30)24-13-19(28)29)12-15-8-4-3-5-9-15/h3-11,14,17,20H,12-13H2,1-2H3,(H,24,30)(H,25,31)(H,26,32)(H,28,29)/t17-,20-/m0/s1. The molecule has 2 atom stereocenters. The van der Waals surface area contributed by atoms with E-state index < -0.39 is 36.5 Å². The smallest absolute Gasteiger partial charge is 0.323 e. The number of carboxylic acids is 1. The fourth-order valence-electron chi connectivity index (χ4n) is 3.66. The van der Waals surface area contributed by atoms with Gasteiger partial charge in [-0.15, -0.1) is 0 Å². The zero-order valence-corrected chi connectivity index (χ0v) is 17.9. The lowest BCUT2D eigenvalue weighted by atomic mass is 9.98. The SMILES string of the molecule is CC(C)[C@H]1C(=O)Nc2ccccc2N1C(=O)N[C@@H](Cc1ccccc1)C(=O)NCC(=O)O. The van der Waals surface area contributed by atoms with Gasteiger partial charge in [-0.05, 0) is 23.6 Å². The van der Waals surface area contributed by atoms with Gasteiger partial charge in [0.2, 0.25) is 11.8 Å². The van der Waals surface area contributed by atoms with Crippen LogP contribution < -0.4 is 20.9 Å². The van der Waals surface area contributed by atoms with Gasteiger partial charge in [0.1, 0.15) is 18.6 Å². The van der Waals surface area contributed by atoms with Crippen LogP contribution in [0, 0.1) is 5.92 Å². The molecule has 0 aliphatic carbocycles. The Morgan fingerprint density at radius 1 is 1.06 bits per heavy atom. The minimum Gasteiger partial charge on any atom is -0.480 e. The fourth-order valence-corrected chi connectivity index (χ4v) is 3.66. The minimum atomic E-state index is -1.19. The van der Waals surface area contributed by atoms with E-state index in [1.807, 2.05) is 44.2 Å². The first kappa shape index (κ1) is 22.8. The molecule has 9 nitrogen and oxygen atoms in total. The lowest BCUT2D eigenvalue weighted by molar-refractivity contribution is -0.138. The van der Waals surface area contributed by atoms with Crippen molar-refractivity contribution in [2.45, 2.75) is 32.4 Å². The van der Waals surface area contributed by atoms with Crippen molar-refractivity contribution in [2.75, 3.05) is 16.8 Å². The predicted molar refractivity (Wildman–Crippen MR) is 119 cm³/mol. The van der Waals surface area contributed by atoms with Crippen LogP contribution in [-0.2, 0) is 20.8 Å². The molecule has 3 rings (SSSR count). The summed E-state index contributed by atoms with van der Waals surface area (Å²) in [5.74, 6) is -2.32. The van der Waals surface area contributed by atoms with Gasteiger partial charge in [-0.1, -0.05) is 56.3 Å². The topological polar surface area (TPSA) is 128 Å². The quantitative estimate of drug-likeness (QED) is 0.526. The molecule has 0 bridgehead atoms. The molecule has 2 aromatic carbocycles. The molecular weight excluding hydrogens is 412 g/mol. The van der Waals surface area contributed by atoms with E-state index in [-0.39, 0.29) is 18.2 Å². The molecule has 168 valence electrons. The second-order valence-electron chi connectivity index (χ2n) is 7.87. The van der Waals surface area contributed by atoms with Gasteiger partial charge in [-0.2, -0.15) is 0 Å². The Hall–Kier alpha value is -3.88. The second-order valence-corrected chi connectivity index (χ2v) is 7.87. The van der Waals surface area contributed by atoms with Crippen molar-refractivity contribution in [2.24, 2.45) is 5.92 Å². The van der Waals surface area contributed by atoms with Gasteiger partial charge in [-0.25, -0.2) is 4.79 Å². The number of rotatable bonds is 7. The summed E-state index contributed by atoms with van der Waals surface area (Å²) >= 11 is 0. The van der Waals surface area contributed by atoms with Crippen LogP contribution >= 0.6 is 0 Å². The van der Waals surface area contributed by atoms with Crippen molar-refractivity contribution >= 4 is 35.2 Å². The number of carboxylic acid groups (broad SMARTS) is 1. The fraction of sp³-hybridized carbons (Fsp3) is 0.304. The zero-order chi connectivity index (χ0) is 23.3. The zero-order valence-electron chi connectivity index (χ0n) is 17.9. The van der Waals surface area contributed by atoms with Gasteiger partial charge >= 0.3 is 12.0 Å². The molecule has 0 aromatic heterocycles. The molecule has 4 amide bonds. The summed E-state index contributed by atoms with van der Waals surface area (Å²) in [6, 6.07) is 13.6. The highest BCUT2D eigenvalue weighted by atomic mass is 16.4. The van der Waals surface area contributed by atoms with E-state index in [0.717, 1.165) is 5.56 Å². The van der Waals surface area contributed by atoms with Crippen molar-refractivity contribution in [1.82, 2.24) is 10.6 Å². The van der Waals surface area contributed by atoms with Crippen molar-refractivity contribution in [3.05, 3.63) is 60.2 Å². The first-order valence-corrected chi connectivity index (χ1v) is 10.3. The van der Waals surface area contributed by atoms with Crippen LogP contribution in [0.4, 0.5) is 16.2 Å². The Balaban J connectivity index is 1.90. The Bertz CT molecular complexity index is 1010. The summed E-state index contributed by atoms with van der Waals surface area (Å²) in [5.41, 5.74) is 1.81. The molecule has 0 saturated heterocycles. The van der Waals surface area contributed by atoms with Crippen molar-refractivity contribution in [3.63, 3.8) is 0 Å². The molecule has 32 heavy (non-hydrogen) atoms. The first-order chi connectivity index (χ1) is 15.3. The summed E-state index contributed by atoms with van der Waals surface area (Å²) in [6.45, 7) is 3.10. The van der Waals surface area contributed by atoms with Gasteiger partial charge in [0.25, 0.3) is 0 Å². The number of nitrogens with one attached hydrogen (secondary N) is 3. The van der Waals surface area contributed by atoms with Gasteiger partial charge < -0.3 is 21.1 Å². The number of anilines is 2. The van der Waals surface area contributed by atoms with Crippen LogP contribution in [0.5, 0.6) is 0 Å². The third-order valence-electron chi connectivity index (χ3n) is 5.13. The van der Waals surface area contributed by atoms with Crippen LogP contribution in [0.25, 0.3) is 0 Å². The molecular formula is C23H26N4O5. The maximum atomic E-state index is 13.4. The summed E-state index contributed by atoms with van der Waals surface area (Å²) in [6.07, 6.45) is 0.159. The number of carbonyl (C=O) groups excluding carboxylic acids is 3. The van der Waals surface area contributed by atoms with Gasteiger partial charge in [0, 0.05) is 6.42 Å². The second kappa shape index (κ2) is 9.95. The van der Waals surface area contributed by atoms with Gasteiger partial charge in [0.15, 0.2) is 0 Å². The highest BCUT2D eigenvalue weighted by molar-refractivity contribution is 6.12. The molecule has 0 fully saturated rings. The number of aliphatic carboxylic acids is 1. The third-order valence-corrected chi connectivity index (χ3v) is 5.13. The molecule has 0 saturated carbocycles. The molecule has 9 heteroatoms. The Morgan fingerprint density at radius 3 is 2.38 bits per heavy atom. The molecule has 2 aromatic rings. The van der Waals surface area contributed by atoms with Gasteiger partial charge in [-0.3, -0.25) is 19.3 Å².